The Balaban J connectivity index is 1.93. The SMILES string of the molecule is Cc1cc(OCCN(C)C)c2c(=O)cc(Nc3ccccc3)n(-c3ccccc3)c2n1. The molecule has 0 saturated heterocycles. The zero-order valence-corrected chi connectivity index (χ0v) is 18.0. The molecule has 0 aliphatic rings. The minimum absolute atomic E-state index is 0.132. The van der Waals surface area contributed by atoms with E-state index in [9.17, 15) is 4.79 Å². The van der Waals surface area contributed by atoms with Crippen molar-refractivity contribution in [2.24, 2.45) is 0 Å². The van der Waals surface area contributed by atoms with Crippen molar-refractivity contribution in [1.29, 1.82) is 0 Å². The van der Waals surface area contributed by atoms with E-state index < -0.39 is 0 Å². The van der Waals surface area contributed by atoms with Gasteiger partial charge >= 0.3 is 0 Å². The molecule has 0 spiro atoms. The van der Waals surface area contributed by atoms with Crippen molar-refractivity contribution in [2.75, 3.05) is 32.6 Å². The van der Waals surface area contributed by atoms with E-state index in [1.54, 1.807) is 6.07 Å². The fourth-order valence-electron chi connectivity index (χ4n) is 3.45. The molecule has 2 aromatic heterocycles. The molecule has 0 fully saturated rings. The van der Waals surface area contributed by atoms with Crippen LogP contribution in [0.2, 0.25) is 0 Å². The van der Waals surface area contributed by atoms with Gasteiger partial charge in [-0.05, 0) is 45.3 Å². The molecule has 0 aliphatic heterocycles. The van der Waals surface area contributed by atoms with E-state index in [0.29, 0.717) is 29.2 Å². The fraction of sp³-hybridized carbons (Fsp3) is 0.200. The number of pyridine rings is 2. The highest BCUT2D eigenvalue weighted by atomic mass is 16.5. The van der Waals surface area contributed by atoms with Crippen molar-refractivity contribution in [3.8, 4) is 11.4 Å². The Morgan fingerprint density at radius 2 is 1.68 bits per heavy atom. The van der Waals surface area contributed by atoms with E-state index in [2.05, 4.69) is 5.32 Å². The number of para-hydroxylation sites is 2. The summed E-state index contributed by atoms with van der Waals surface area (Å²) >= 11 is 0. The van der Waals surface area contributed by atoms with E-state index >= 15 is 0 Å². The minimum atomic E-state index is -0.132. The number of likely N-dealkylation sites (N-methyl/N-ethyl adjacent to an activating group) is 1. The summed E-state index contributed by atoms with van der Waals surface area (Å²) in [6.45, 7) is 3.15. The van der Waals surface area contributed by atoms with Crippen LogP contribution in [0, 0.1) is 6.92 Å². The number of benzene rings is 2. The Bertz CT molecular complexity index is 1240. The molecular formula is C25H26N4O2. The Kier molecular flexibility index (Phi) is 6.00. The molecular weight excluding hydrogens is 388 g/mol. The predicted molar refractivity (Wildman–Crippen MR) is 126 cm³/mol. The summed E-state index contributed by atoms with van der Waals surface area (Å²) in [6.07, 6.45) is 0. The zero-order valence-electron chi connectivity index (χ0n) is 18.0. The van der Waals surface area contributed by atoms with Gasteiger partial charge in [-0.25, -0.2) is 4.98 Å². The second kappa shape index (κ2) is 9.02. The average Bonchev–Trinajstić information content (AvgIpc) is 2.74. The van der Waals surface area contributed by atoms with Gasteiger partial charge in [-0.3, -0.25) is 9.36 Å². The molecule has 6 heteroatoms. The molecule has 0 radical (unpaired) electrons. The van der Waals surface area contributed by atoms with Crippen molar-refractivity contribution in [1.82, 2.24) is 14.5 Å². The number of hydrogen-bond acceptors (Lipinski definition) is 5. The van der Waals surface area contributed by atoms with Crippen LogP contribution in [0.4, 0.5) is 11.5 Å². The molecule has 1 N–H and O–H groups in total. The van der Waals surface area contributed by atoms with E-state index in [1.165, 1.54) is 0 Å². The summed E-state index contributed by atoms with van der Waals surface area (Å²) in [5, 5.41) is 3.86. The predicted octanol–water partition coefficient (Wildman–Crippen LogP) is 4.38. The van der Waals surface area contributed by atoms with Crippen molar-refractivity contribution in [3.63, 3.8) is 0 Å². The molecule has 158 valence electrons. The van der Waals surface area contributed by atoms with E-state index in [1.807, 2.05) is 97.2 Å². The molecule has 0 amide bonds. The second-order valence-electron chi connectivity index (χ2n) is 7.67. The van der Waals surface area contributed by atoms with Crippen molar-refractivity contribution in [3.05, 3.63) is 88.7 Å². The number of fused-ring (bicyclic) bond motifs is 1. The number of ether oxygens (including phenoxy) is 1. The molecule has 2 heterocycles. The first-order valence-electron chi connectivity index (χ1n) is 10.3. The third-order valence-corrected chi connectivity index (χ3v) is 4.92. The van der Waals surface area contributed by atoms with Gasteiger partial charge in [-0.2, -0.15) is 0 Å². The Labute approximate surface area is 181 Å². The van der Waals surface area contributed by atoms with Crippen LogP contribution in [-0.2, 0) is 0 Å². The van der Waals surface area contributed by atoms with Crippen LogP contribution in [0.5, 0.6) is 5.75 Å². The van der Waals surface area contributed by atoms with Crippen LogP contribution in [0.3, 0.4) is 0 Å². The molecule has 0 saturated carbocycles. The first-order chi connectivity index (χ1) is 15.0. The molecule has 0 atom stereocenters. The molecule has 4 rings (SSSR count). The summed E-state index contributed by atoms with van der Waals surface area (Å²) in [5.74, 6) is 1.21. The van der Waals surface area contributed by atoms with Crippen LogP contribution in [-0.4, -0.2) is 41.7 Å². The van der Waals surface area contributed by atoms with E-state index in [-0.39, 0.29) is 5.43 Å². The lowest BCUT2D eigenvalue weighted by Crippen LogP contribution is -2.20. The molecule has 0 bridgehead atoms. The monoisotopic (exact) mass is 414 g/mol. The van der Waals surface area contributed by atoms with Crippen molar-refractivity contribution < 1.29 is 4.74 Å². The third-order valence-electron chi connectivity index (χ3n) is 4.92. The molecule has 0 aliphatic carbocycles. The van der Waals surface area contributed by atoms with Gasteiger partial charge in [0.1, 0.15) is 23.6 Å². The van der Waals surface area contributed by atoms with Gasteiger partial charge in [0.2, 0.25) is 0 Å². The summed E-state index contributed by atoms with van der Waals surface area (Å²) in [6, 6.07) is 23.1. The highest BCUT2D eigenvalue weighted by Gasteiger charge is 2.17. The number of hydrogen-bond donors (Lipinski definition) is 1. The number of aryl methyl sites for hydroxylation is 1. The first kappa shape index (κ1) is 20.6. The maximum absolute atomic E-state index is 13.2. The van der Waals surface area contributed by atoms with Gasteiger partial charge in [-0.1, -0.05) is 36.4 Å². The maximum atomic E-state index is 13.2. The van der Waals surface area contributed by atoms with Crippen LogP contribution in [0.15, 0.2) is 77.6 Å². The smallest absolute Gasteiger partial charge is 0.196 e. The summed E-state index contributed by atoms with van der Waals surface area (Å²) in [7, 11) is 3.98. The summed E-state index contributed by atoms with van der Waals surface area (Å²) in [5.41, 5.74) is 3.02. The molecule has 6 nitrogen and oxygen atoms in total. The Morgan fingerprint density at radius 1 is 1.00 bits per heavy atom. The van der Waals surface area contributed by atoms with E-state index in [4.69, 9.17) is 9.72 Å². The summed E-state index contributed by atoms with van der Waals surface area (Å²) in [4.78, 5) is 20.0. The van der Waals surface area contributed by atoms with Gasteiger partial charge in [0.15, 0.2) is 11.1 Å². The normalized spacial score (nSPS) is 11.1. The maximum Gasteiger partial charge on any atom is 0.196 e. The number of aromatic nitrogens is 2. The number of anilines is 2. The third kappa shape index (κ3) is 4.59. The lowest BCUT2D eigenvalue weighted by Gasteiger charge is -2.19. The topological polar surface area (TPSA) is 59.4 Å². The number of nitrogens with one attached hydrogen (secondary N) is 1. The highest BCUT2D eigenvalue weighted by molar-refractivity contribution is 5.86. The van der Waals surface area contributed by atoms with Gasteiger partial charge < -0.3 is 15.0 Å². The Hall–Kier alpha value is -3.64. The molecule has 0 unspecified atom stereocenters. The van der Waals surface area contributed by atoms with Crippen molar-refractivity contribution in [2.45, 2.75) is 6.92 Å². The highest BCUT2D eigenvalue weighted by Crippen LogP contribution is 2.29. The quantitative estimate of drug-likeness (QED) is 0.486. The minimum Gasteiger partial charge on any atom is -0.491 e. The number of rotatable bonds is 7. The first-order valence-corrected chi connectivity index (χ1v) is 10.3. The fourth-order valence-corrected chi connectivity index (χ4v) is 3.45. The van der Waals surface area contributed by atoms with Gasteiger partial charge in [0, 0.05) is 35.7 Å². The average molecular weight is 415 g/mol. The number of nitrogens with zero attached hydrogens (tertiary/aromatic N) is 3. The van der Waals surface area contributed by atoms with Crippen molar-refractivity contribution >= 4 is 22.5 Å². The standard InChI is InChI=1S/C25H26N4O2/c1-18-16-22(31-15-14-28(2)3)24-21(30)17-23(27-19-10-6-4-7-11-19)29(25(24)26-18)20-12-8-5-9-13-20/h4-13,16-17,27H,14-15H2,1-3H3. The van der Waals surface area contributed by atoms with Crippen LogP contribution >= 0.6 is 0 Å². The molecule has 31 heavy (non-hydrogen) atoms. The molecule has 4 aromatic rings. The van der Waals surface area contributed by atoms with Crippen LogP contribution < -0.4 is 15.5 Å². The lowest BCUT2D eigenvalue weighted by atomic mass is 10.2. The summed E-state index contributed by atoms with van der Waals surface area (Å²) < 4.78 is 7.99. The van der Waals surface area contributed by atoms with E-state index in [0.717, 1.165) is 23.6 Å². The van der Waals surface area contributed by atoms with Gasteiger partial charge in [0.25, 0.3) is 0 Å². The lowest BCUT2D eigenvalue weighted by molar-refractivity contribution is 0.263. The zero-order chi connectivity index (χ0) is 21.8. The Morgan fingerprint density at radius 3 is 2.35 bits per heavy atom. The van der Waals surface area contributed by atoms with Crippen LogP contribution in [0.25, 0.3) is 16.7 Å². The second-order valence-corrected chi connectivity index (χ2v) is 7.67. The van der Waals surface area contributed by atoms with Gasteiger partial charge in [0.05, 0.1) is 0 Å². The molecule has 2 aromatic carbocycles. The van der Waals surface area contributed by atoms with Gasteiger partial charge in [-0.15, -0.1) is 0 Å². The van der Waals surface area contributed by atoms with Crippen LogP contribution in [0.1, 0.15) is 5.69 Å². The largest absolute Gasteiger partial charge is 0.491 e.